The fraction of sp³-hybridized carbons (Fsp3) is 0.280. The van der Waals surface area contributed by atoms with Gasteiger partial charge in [0.05, 0.1) is 6.54 Å². The van der Waals surface area contributed by atoms with Crippen molar-refractivity contribution in [3.63, 3.8) is 0 Å². The van der Waals surface area contributed by atoms with Crippen LogP contribution < -0.4 is 5.32 Å². The summed E-state index contributed by atoms with van der Waals surface area (Å²) < 4.78 is 14.0. The van der Waals surface area contributed by atoms with E-state index in [0.717, 1.165) is 30.1 Å². The molecular weight excluding hydrogens is 425 g/mol. The molecule has 0 atom stereocenters. The zero-order valence-corrected chi connectivity index (χ0v) is 18.8. The second-order valence-electron chi connectivity index (χ2n) is 7.90. The van der Waals surface area contributed by atoms with Crippen molar-refractivity contribution < 1.29 is 14.0 Å². The van der Waals surface area contributed by atoms with Gasteiger partial charge in [0.25, 0.3) is 5.91 Å². The molecule has 166 valence electrons. The Bertz CT molecular complexity index is 1110. The molecule has 0 radical (unpaired) electrons. The number of nitrogens with zero attached hydrogens (tertiary/aromatic N) is 2. The van der Waals surface area contributed by atoms with E-state index in [2.05, 4.69) is 10.2 Å². The van der Waals surface area contributed by atoms with Crippen LogP contribution in [-0.4, -0.2) is 54.3 Å². The van der Waals surface area contributed by atoms with E-state index in [1.54, 1.807) is 34.4 Å². The minimum atomic E-state index is -0.224. The average molecular weight is 452 g/mol. The van der Waals surface area contributed by atoms with Crippen LogP contribution in [0.3, 0.4) is 0 Å². The summed E-state index contributed by atoms with van der Waals surface area (Å²) in [4.78, 5) is 31.1. The Balaban J connectivity index is 1.25. The Kier molecular flexibility index (Phi) is 6.97. The van der Waals surface area contributed by atoms with E-state index in [4.69, 9.17) is 0 Å². The molecule has 32 heavy (non-hydrogen) atoms. The highest BCUT2D eigenvalue weighted by atomic mass is 32.1. The Morgan fingerprint density at radius 1 is 0.969 bits per heavy atom. The van der Waals surface area contributed by atoms with E-state index in [1.807, 2.05) is 43.3 Å². The van der Waals surface area contributed by atoms with Crippen molar-refractivity contribution in [2.24, 2.45) is 0 Å². The number of halogens is 1. The highest BCUT2D eigenvalue weighted by Crippen LogP contribution is 2.30. The number of carbonyl (C=O) groups is 2. The third kappa shape index (κ3) is 5.23. The van der Waals surface area contributed by atoms with Crippen LogP contribution in [0.25, 0.3) is 10.4 Å². The quantitative estimate of drug-likeness (QED) is 0.618. The maximum absolute atomic E-state index is 14.0. The van der Waals surface area contributed by atoms with Crippen molar-refractivity contribution in [3.05, 3.63) is 82.5 Å². The lowest BCUT2D eigenvalue weighted by molar-refractivity contribution is -0.131. The van der Waals surface area contributed by atoms with Crippen molar-refractivity contribution in [1.29, 1.82) is 0 Å². The van der Waals surface area contributed by atoms with Gasteiger partial charge in [0.15, 0.2) is 0 Å². The van der Waals surface area contributed by atoms with Gasteiger partial charge < -0.3 is 10.2 Å². The second kappa shape index (κ2) is 10.1. The largest absolute Gasteiger partial charge is 0.343 e. The monoisotopic (exact) mass is 451 g/mol. The highest BCUT2D eigenvalue weighted by molar-refractivity contribution is 7.15. The number of benzene rings is 2. The summed E-state index contributed by atoms with van der Waals surface area (Å²) in [6.07, 6.45) is 0. The van der Waals surface area contributed by atoms with E-state index in [1.165, 1.54) is 10.9 Å². The molecule has 4 rings (SSSR count). The molecule has 5 nitrogen and oxygen atoms in total. The number of hydrogen-bond acceptors (Lipinski definition) is 4. The molecule has 2 amide bonds. The lowest BCUT2D eigenvalue weighted by atomic mass is 10.1. The third-order valence-corrected chi connectivity index (χ3v) is 6.80. The van der Waals surface area contributed by atoms with Crippen LogP contribution in [0.2, 0.25) is 0 Å². The van der Waals surface area contributed by atoms with Crippen molar-refractivity contribution in [2.45, 2.75) is 13.5 Å². The van der Waals surface area contributed by atoms with Crippen LogP contribution >= 0.6 is 11.3 Å². The van der Waals surface area contributed by atoms with Crippen LogP contribution in [-0.2, 0) is 11.3 Å². The van der Waals surface area contributed by atoms with Gasteiger partial charge in [-0.2, -0.15) is 0 Å². The molecule has 0 bridgehead atoms. The molecule has 0 aliphatic carbocycles. The molecule has 1 saturated heterocycles. The summed E-state index contributed by atoms with van der Waals surface area (Å²) in [6, 6.07) is 18.2. The van der Waals surface area contributed by atoms with Gasteiger partial charge in [-0.05, 0) is 36.8 Å². The topological polar surface area (TPSA) is 52.7 Å². The number of nitrogens with one attached hydrogen (secondary N) is 1. The van der Waals surface area contributed by atoms with Gasteiger partial charge in [0.1, 0.15) is 5.82 Å². The molecule has 0 saturated carbocycles. The molecule has 2 aromatic carbocycles. The Morgan fingerprint density at radius 3 is 2.44 bits per heavy atom. The predicted molar refractivity (Wildman–Crippen MR) is 125 cm³/mol. The number of piperazine rings is 1. The SMILES string of the molecule is Cc1ccccc1C(=O)NCC(=O)N1CCN(Cc2ccc(-c3ccccc3F)s2)CC1. The molecule has 2 heterocycles. The smallest absolute Gasteiger partial charge is 0.251 e. The lowest BCUT2D eigenvalue weighted by Gasteiger charge is -2.34. The molecule has 0 unspecified atom stereocenters. The first-order chi connectivity index (χ1) is 15.5. The fourth-order valence-corrected chi connectivity index (χ4v) is 4.91. The van der Waals surface area contributed by atoms with Gasteiger partial charge >= 0.3 is 0 Å². The predicted octanol–water partition coefficient (Wildman–Crippen LogP) is 3.94. The van der Waals surface area contributed by atoms with Crippen molar-refractivity contribution in [1.82, 2.24) is 15.1 Å². The third-order valence-electron chi connectivity index (χ3n) is 5.70. The Morgan fingerprint density at radius 2 is 1.69 bits per heavy atom. The van der Waals surface area contributed by atoms with E-state index in [-0.39, 0.29) is 24.2 Å². The van der Waals surface area contributed by atoms with Crippen LogP contribution in [0.5, 0.6) is 0 Å². The van der Waals surface area contributed by atoms with E-state index in [9.17, 15) is 14.0 Å². The lowest BCUT2D eigenvalue weighted by Crippen LogP contribution is -2.50. The minimum absolute atomic E-state index is 0.00406. The summed E-state index contributed by atoms with van der Waals surface area (Å²) in [7, 11) is 0. The summed E-state index contributed by atoms with van der Waals surface area (Å²) in [5.74, 6) is -0.495. The standard InChI is InChI=1S/C25H26FN3O2S/c1-18-6-2-3-7-20(18)25(31)27-16-24(30)29-14-12-28(13-15-29)17-19-10-11-23(32-19)21-8-4-5-9-22(21)26/h2-11H,12-17H2,1H3,(H,27,31). The van der Waals surface area contributed by atoms with E-state index in [0.29, 0.717) is 24.2 Å². The van der Waals surface area contributed by atoms with Gasteiger partial charge in [-0.25, -0.2) is 4.39 Å². The normalized spacial score (nSPS) is 14.4. The first-order valence-corrected chi connectivity index (χ1v) is 11.5. The number of hydrogen-bond donors (Lipinski definition) is 1. The van der Waals surface area contributed by atoms with Crippen molar-refractivity contribution in [2.75, 3.05) is 32.7 Å². The van der Waals surface area contributed by atoms with E-state index >= 15 is 0 Å². The highest BCUT2D eigenvalue weighted by Gasteiger charge is 2.22. The van der Waals surface area contributed by atoms with Crippen molar-refractivity contribution in [3.8, 4) is 10.4 Å². The zero-order chi connectivity index (χ0) is 22.5. The Hall–Kier alpha value is -3.03. The number of thiophene rings is 1. The van der Waals surface area contributed by atoms with Gasteiger partial charge in [-0.15, -0.1) is 11.3 Å². The van der Waals surface area contributed by atoms with Crippen LogP contribution in [0.4, 0.5) is 4.39 Å². The summed E-state index contributed by atoms with van der Waals surface area (Å²) in [6.45, 7) is 5.46. The molecular formula is C25H26FN3O2S. The molecule has 3 aromatic rings. The molecule has 1 aromatic heterocycles. The maximum atomic E-state index is 14.0. The first-order valence-electron chi connectivity index (χ1n) is 10.7. The van der Waals surface area contributed by atoms with Crippen molar-refractivity contribution >= 4 is 23.2 Å². The minimum Gasteiger partial charge on any atom is -0.343 e. The van der Waals surface area contributed by atoms with Crippen LogP contribution in [0.1, 0.15) is 20.8 Å². The van der Waals surface area contributed by atoms with Crippen LogP contribution in [0.15, 0.2) is 60.7 Å². The summed E-state index contributed by atoms with van der Waals surface area (Å²) in [5.41, 5.74) is 2.11. The van der Waals surface area contributed by atoms with Gasteiger partial charge in [-0.3, -0.25) is 14.5 Å². The summed E-state index contributed by atoms with van der Waals surface area (Å²) in [5, 5.41) is 2.74. The van der Waals surface area contributed by atoms with E-state index < -0.39 is 0 Å². The molecule has 1 aliphatic heterocycles. The summed E-state index contributed by atoms with van der Waals surface area (Å²) >= 11 is 1.60. The Labute approximate surface area is 191 Å². The number of carbonyl (C=O) groups excluding carboxylic acids is 2. The number of aryl methyl sites for hydroxylation is 1. The first kappa shape index (κ1) is 22.2. The maximum Gasteiger partial charge on any atom is 0.251 e. The molecule has 7 heteroatoms. The van der Waals surface area contributed by atoms with Gasteiger partial charge in [-0.1, -0.05) is 36.4 Å². The zero-order valence-electron chi connectivity index (χ0n) is 18.0. The molecule has 0 spiro atoms. The van der Waals surface area contributed by atoms with Gasteiger partial charge in [0.2, 0.25) is 5.91 Å². The van der Waals surface area contributed by atoms with Crippen LogP contribution in [0, 0.1) is 12.7 Å². The molecule has 1 N–H and O–H groups in total. The number of rotatable bonds is 6. The fourth-order valence-electron chi connectivity index (χ4n) is 3.84. The number of amides is 2. The van der Waals surface area contributed by atoms with Gasteiger partial charge in [0, 0.05) is 53.6 Å². The second-order valence-corrected chi connectivity index (χ2v) is 9.07. The molecule has 1 fully saturated rings. The average Bonchev–Trinajstić information content (AvgIpc) is 3.26. The molecule has 1 aliphatic rings.